The van der Waals surface area contributed by atoms with E-state index in [9.17, 15) is 19.8 Å². The van der Waals surface area contributed by atoms with Crippen molar-refractivity contribution < 1.29 is 30.0 Å². The molecule has 1 fully saturated rings. The first kappa shape index (κ1) is 14.7. The van der Waals surface area contributed by atoms with Gasteiger partial charge in [0, 0.05) is 6.20 Å². The van der Waals surface area contributed by atoms with Gasteiger partial charge in [0.05, 0.1) is 6.61 Å². The molecule has 0 aromatic carbocycles. The van der Waals surface area contributed by atoms with Crippen LogP contribution in [0.3, 0.4) is 0 Å². The van der Waals surface area contributed by atoms with Crippen LogP contribution in [0.4, 0.5) is 0 Å². The van der Waals surface area contributed by atoms with E-state index in [2.05, 4.69) is 0 Å². The van der Waals surface area contributed by atoms with Crippen molar-refractivity contribution in [3.8, 4) is 0 Å². The molecule has 1 aromatic rings. The Labute approximate surface area is 113 Å². The van der Waals surface area contributed by atoms with Crippen LogP contribution in [0, 0.1) is 0 Å². The fourth-order valence-corrected chi connectivity index (χ4v) is 2.25. The molecular weight excluding hydrogens is 270 g/mol. The van der Waals surface area contributed by atoms with Gasteiger partial charge in [-0.2, -0.15) is 0 Å². The number of aliphatic hydroxyl groups excluding tert-OH is 2. The van der Waals surface area contributed by atoms with Crippen LogP contribution in [0.1, 0.15) is 23.5 Å². The molecule has 110 valence electrons. The number of carbonyl (C=O) groups is 1. The van der Waals surface area contributed by atoms with E-state index < -0.39 is 47.7 Å². The maximum Gasteiger partial charge on any atom is 0.341 e. The summed E-state index contributed by atoms with van der Waals surface area (Å²) in [5.41, 5.74) is -3.18. The zero-order valence-electron chi connectivity index (χ0n) is 10.6. The van der Waals surface area contributed by atoms with Gasteiger partial charge in [-0.15, -0.1) is 0 Å². The summed E-state index contributed by atoms with van der Waals surface area (Å²) < 4.78 is 6.15. The van der Waals surface area contributed by atoms with Crippen molar-refractivity contribution in [1.29, 1.82) is 0 Å². The Morgan fingerprint density at radius 3 is 2.70 bits per heavy atom. The zero-order chi connectivity index (χ0) is 15.1. The number of aliphatic hydroxyl groups is 3. The summed E-state index contributed by atoms with van der Waals surface area (Å²) in [6.45, 7) is 0.707. The van der Waals surface area contributed by atoms with Crippen molar-refractivity contribution in [2.45, 2.75) is 31.0 Å². The van der Waals surface area contributed by atoms with E-state index in [1.807, 2.05) is 0 Å². The van der Waals surface area contributed by atoms with Gasteiger partial charge in [-0.1, -0.05) is 0 Å². The molecule has 20 heavy (non-hydrogen) atoms. The lowest BCUT2D eigenvalue weighted by Gasteiger charge is -2.27. The standard InChI is InChI=1S/C12H15NO7/c1-12(19)8(15)7(5-14)20-11(12)13-4-2-3-6(9(13)16)10(17)18/h2-4,7-8,11,14-15,19H,5H2,1H3,(H,17,18)/t7-,8?,11-,12?/m1/s1. The minimum atomic E-state index is -1.84. The van der Waals surface area contributed by atoms with Gasteiger partial charge < -0.3 is 25.2 Å². The fourth-order valence-electron chi connectivity index (χ4n) is 2.25. The molecular formula is C12H15NO7. The van der Waals surface area contributed by atoms with Gasteiger partial charge >= 0.3 is 5.97 Å². The molecule has 2 unspecified atom stereocenters. The molecule has 0 bridgehead atoms. The number of hydrogen-bond acceptors (Lipinski definition) is 6. The van der Waals surface area contributed by atoms with E-state index in [-0.39, 0.29) is 0 Å². The highest BCUT2D eigenvalue weighted by Gasteiger charge is 2.53. The van der Waals surface area contributed by atoms with Gasteiger partial charge in [0.1, 0.15) is 23.4 Å². The Kier molecular flexibility index (Phi) is 3.65. The van der Waals surface area contributed by atoms with E-state index in [1.54, 1.807) is 0 Å². The summed E-state index contributed by atoms with van der Waals surface area (Å²) >= 11 is 0. The molecule has 0 aliphatic carbocycles. The fraction of sp³-hybridized carbons (Fsp3) is 0.500. The predicted molar refractivity (Wildman–Crippen MR) is 65.3 cm³/mol. The summed E-state index contributed by atoms with van der Waals surface area (Å²) in [5, 5.41) is 38.1. The normalized spacial score (nSPS) is 33.3. The quantitative estimate of drug-likeness (QED) is 0.534. The maximum absolute atomic E-state index is 12.0. The molecule has 8 heteroatoms. The van der Waals surface area contributed by atoms with Crippen LogP contribution in [0.15, 0.2) is 23.1 Å². The topological polar surface area (TPSA) is 129 Å². The number of aromatic carboxylic acids is 1. The van der Waals surface area contributed by atoms with Crippen molar-refractivity contribution in [2.75, 3.05) is 6.61 Å². The van der Waals surface area contributed by atoms with E-state index >= 15 is 0 Å². The van der Waals surface area contributed by atoms with E-state index in [1.165, 1.54) is 19.2 Å². The van der Waals surface area contributed by atoms with Gasteiger partial charge in [0.2, 0.25) is 0 Å². The van der Waals surface area contributed by atoms with Crippen molar-refractivity contribution in [3.63, 3.8) is 0 Å². The van der Waals surface area contributed by atoms with Crippen LogP contribution < -0.4 is 5.56 Å². The molecule has 1 aromatic heterocycles. The first-order valence-electron chi connectivity index (χ1n) is 5.92. The number of rotatable bonds is 3. The largest absolute Gasteiger partial charge is 0.477 e. The molecule has 4 atom stereocenters. The Bertz CT molecular complexity index is 579. The average Bonchev–Trinajstić information content (AvgIpc) is 2.61. The summed E-state index contributed by atoms with van der Waals surface area (Å²) in [6, 6.07) is 2.45. The second-order valence-electron chi connectivity index (χ2n) is 4.82. The Hall–Kier alpha value is -1.74. The number of carboxylic acids is 1. The number of pyridine rings is 1. The highest BCUT2D eigenvalue weighted by molar-refractivity contribution is 5.86. The molecule has 8 nitrogen and oxygen atoms in total. The second-order valence-corrected chi connectivity index (χ2v) is 4.82. The molecule has 1 saturated heterocycles. The molecule has 1 aliphatic rings. The molecule has 2 rings (SSSR count). The third-order valence-corrected chi connectivity index (χ3v) is 3.39. The lowest BCUT2D eigenvalue weighted by atomic mass is 9.96. The van der Waals surface area contributed by atoms with Gasteiger partial charge in [0.15, 0.2) is 6.23 Å². The minimum Gasteiger partial charge on any atom is -0.477 e. The Morgan fingerprint density at radius 2 is 2.20 bits per heavy atom. The van der Waals surface area contributed by atoms with Crippen LogP contribution in [0.2, 0.25) is 0 Å². The summed E-state index contributed by atoms with van der Waals surface area (Å²) in [7, 11) is 0. The van der Waals surface area contributed by atoms with Gasteiger partial charge in [-0.25, -0.2) is 4.79 Å². The molecule has 0 amide bonds. The smallest absolute Gasteiger partial charge is 0.341 e. The van der Waals surface area contributed by atoms with Crippen molar-refractivity contribution >= 4 is 5.97 Å². The van der Waals surface area contributed by atoms with Crippen molar-refractivity contribution in [1.82, 2.24) is 4.57 Å². The highest BCUT2D eigenvalue weighted by Crippen LogP contribution is 2.37. The number of ether oxygens (including phenoxy) is 1. The first-order chi connectivity index (χ1) is 9.30. The number of nitrogens with zero attached hydrogens (tertiary/aromatic N) is 1. The average molecular weight is 285 g/mol. The third kappa shape index (κ3) is 2.12. The zero-order valence-corrected chi connectivity index (χ0v) is 10.6. The van der Waals surface area contributed by atoms with Crippen LogP contribution >= 0.6 is 0 Å². The van der Waals surface area contributed by atoms with Crippen LogP contribution in [-0.4, -0.2) is 55.4 Å². The van der Waals surface area contributed by atoms with Crippen LogP contribution in [-0.2, 0) is 4.74 Å². The monoisotopic (exact) mass is 285 g/mol. The Balaban J connectivity index is 2.50. The Morgan fingerprint density at radius 1 is 1.55 bits per heavy atom. The summed E-state index contributed by atoms with van der Waals surface area (Å²) in [6.07, 6.45) is -2.50. The predicted octanol–water partition coefficient (Wildman–Crippen LogP) is -1.45. The lowest BCUT2D eigenvalue weighted by Crippen LogP contribution is -2.46. The van der Waals surface area contributed by atoms with Gasteiger partial charge in [0.25, 0.3) is 5.56 Å². The molecule has 0 radical (unpaired) electrons. The highest BCUT2D eigenvalue weighted by atomic mass is 16.6. The van der Waals surface area contributed by atoms with Gasteiger partial charge in [-0.3, -0.25) is 9.36 Å². The second kappa shape index (κ2) is 4.98. The molecule has 2 heterocycles. The number of aromatic nitrogens is 1. The van der Waals surface area contributed by atoms with Crippen molar-refractivity contribution in [2.24, 2.45) is 0 Å². The first-order valence-corrected chi connectivity index (χ1v) is 5.92. The summed E-state index contributed by atoms with van der Waals surface area (Å²) in [5.74, 6) is -1.40. The van der Waals surface area contributed by atoms with Crippen molar-refractivity contribution in [3.05, 3.63) is 34.2 Å². The van der Waals surface area contributed by atoms with E-state index in [4.69, 9.17) is 14.9 Å². The van der Waals surface area contributed by atoms with E-state index in [0.717, 1.165) is 10.6 Å². The lowest BCUT2D eigenvalue weighted by molar-refractivity contribution is -0.0982. The van der Waals surface area contributed by atoms with Crippen LogP contribution in [0.5, 0.6) is 0 Å². The minimum absolute atomic E-state index is 0.478. The molecule has 0 spiro atoms. The van der Waals surface area contributed by atoms with E-state index in [0.29, 0.717) is 0 Å². The maximum atomic E-state index is 12.0. The number of hydrogen-bond donors (Lipinski definition) is 4. The molecule has 4 N–H and O–H groups in total. The SMILES string of the molecule is CC1(O)C(O)[C@@H](CO)O[C@H]1n1cccc(C(=O)O)c1=O. The molecule has 0 saturated carbocycles. The number of carboxylic acid groups (broad SMARTS) is 1. The molecule has 1 aliphatic heterocycles. The van der Waals surface area contributed by atoms with Crippen LogP contribution in [0.25, 0.3) is 0 Å². The summed E-state index contributed by atoms with van der Waals surface area (Å²) in [4.78, 5) is 23.0. The van der Waals surface area contributed by atoms with Gasteiger partial charge in [-0.05, 0) is 19.1 Å². The third-order valence-electron chi connectivity index (χ3n) is 3.39.